The molecule has 186 valence electrons. The van der Waals surface area contributed by atoms with E-state index in [4.69, 9.17) is 13.9 Å². The smallest absolute Gasteiger partial charge is 0.337 e. The zero-order valence-corrected chi connectivity index (χ0v) is 19.9. The molecule has 0 fully saturated rings. The average molecular weight is 498 g/mol. The van der Waals surface area contributed by atoms with Crippen molar-refractivity contribution in [2.24, 2.45) is 10.2 Å². The number of rotatable bonds is 9. The number of azo groups is 1. The van der Waals surface area contributed by atoms with Crippen molar-refractivity contribution in [2.45, 2.75) is 12.8 Å². The minimum atomic E-state index is -0.719. The number of phenols is 2. The first-order valence-electron chi connectivity index (χ1n) is 11.3. The number of nitrogens with zero attached hydrogens (tertiary/aromatic N) is 3. The van der Waals surface area contributed by atoms with Crippen molar-refractivity contribution in [3.63, 3.8) is 0 Å². The number of fused-ring (bicyclic) bond motifs is 1. The number of para-hydroxylation sites is 1. The van der Waals surface area contributed by atoms with Crippen LogP contribution in [0, 0.1) is 11.3 Å². The number of nitriles is 1. The van der Waals surface area contributed by atoms with Crippen LogP contribution in [0.5, 0.6) is 11.5 Å². The van der Waals surface area contributed by atoms with Gasteiger partial charge in [-0.1, -0.05) is 30.3 Å². The molecule has 0 saturated heterocycles. The average Bonchev–Trinajstić information content (AvgIpc) is 3.34. The lowest BCUT2D eigenvalue weighted by molar-refractivity contribution is -0.140. The van der Waals surface area contributed by atoms with Gasteiger partial charge in [0.1, 0.15) is 29.8 Å². The number of furan rings is 1. The van der Waals surface area contributed by atoms with Crippen LogP contribution in [-0.4, -0.2) is 29.9 Å². The lowest BCUT2D eigenvalue weighted by atomic mass is 10.0. The van der Waals surface area contributed by atoms with Gasteiger partial charge in [-0.2, -0.15) is 5.26 Å². The first-order chi connectivity index (χ1) is 18.0. The Morgan fingerprint density at radius 2 is 1.81 bits per heavy atom. The predicted octanol–water partition coefficient (Wildman–Crippen LogP) is 5.79. The first-order valence-corrected chi connectivity index (χ1v) is 11.3. The molecule has 37 heavy (non-hydrogen) atoms. The predicted molar refractivity (Wildman–Crippen MR) is 135 cm³/mol. The first kappa shape index (κ1) is 25.2. The fourth-order valence-corrected chi connectivity index (χ4v) is 3.58. The van der Waals surface area contributed by atoms with Crippen molar-refractivity contribution < 1.29 is 28.9 Å². The Bertz CT molecular complexity index is 1480. The molecule has 0 saturated carbocycles. The number of phenolic OH excluding ortho intramolecular Hbond substituents is 2. The van der Waals surface area contributed by atoms with Gasteiger partial charge in [-0.05, 0) is 66.4 Å². The van der Waals surface area contributed by atoms with E-state index in [9.17, 15) is 20.3 Å². The molecule has 1 heterocycles. The van der Waals surface area contributed by atoms with Crippen LogP contribution in [0.3, 0.4) is 0 Å². The number of carbonyl (C=O) groups excluding carboxylic acids is 1. The molecule has 4 rings (SSSR count). The highest BCUT2D eigenvalue weighted by Gasteiger charge is 2.20. The molecule has 1 aromatic heterocycles. The number of ether oxygens (including phenoxy) is 2. The molecule has 9 nitrogen and oxygen atoms in total. The molecule has 4 aromatic rings. The number of carbonyl (C=O) groups is 1. The van der Waals surface area contributed by atoms with Crippen molar-refractivity contribution in [3.05, 3.63) is 95.4 Å². The highest BCUT2D eigenvalue weighted by Crippen LogP contribution is 2.29. The summed E-state index contributed by atoms with van der Waals surface area (Å²) < 4.78 is 16.0. The van der Waals surface area contributed by atoms with Gasteiger partial charge in [-0.3, -0.25) is 0 Å². The van der Waals surface area contributed by atoms with Crippen LogP contribution in [0.25, 0.3) is 16.7 Å². The van der Waals surface area contributed by atoms with Crippen LogP contribution in [-0.2, 0) is 27.1 Å². The summed E-state index contributed by atoms with van der Waals surface area (Å²) in [6, 6.07) is 22.4. The van der Waals surface area contributed by atoms with Gasteiger partial charge in [-0.15, -0.1) is 10.2 Å². The molecule has 0 aliphatic heterocycles. The monoisotopic (exact) mass is 497 g/mol. The molecule has 0 atom stereocenters. The number of aromatic hydroxyl groups is 2. The molecule has 2 N–H and O–H groups in total. The fourth-order valence-electron chi connectivity index (χ4n) is 3.58. The molecule has 0 spiro atoms. The zero-order chi connectivity index (χ0) is 26.2. The number of hydrogen-bond donors (Lipinski definition) is 2. The van der Waals surface area contributed by atoms with Crippen molar-refractivity contribution in [3.8, 4) is 17.6 Å². The number of esters is 1. The number of methoxy groups -OCH3 is 1. The van der Waals surface area contributed by atoms with Crippen molar-refractivity contribution in [2.75, 3.05) is 13.7 Å². The van der Waals surface area contributed by atoms with E-state index in [0.717, 1.165) is 10.9 Å². The Morgan fingerprint density at radius 3 is 2.54 bits per heavy atom. The molecule has 0 unspecified atom stereocenters. The van der Waals surface area contributed by atoms with Gasteiger partial charge in [0.15, 0.2) is 5.76 Å². The van der Waals surface area contributed by atoms with E-state index < -0.39 is 5.97 Å². The van der Waals surface area contributed by atoms with Crippen molar-refractivity contribution in [1.29, 1.82) is 5.26 Å². The minimum Gasteiger partial charge on any atom is -0.508 e. The Labute approximate surface area is 212 Å². The minimum absolute atomic E-state index is 0.0971. The largest absolute Gasteiger partial charge is 0.508 e. The van der Waals surface area contributed by atoms with Gasteiger partial charge in [0, 0.05) is 12.5 Å². The summed E-state index contributed by atoms with van der Waals surface area (Å²) in [4.78, 5) is 12.1. The van der Waals surface area contributed by atoms with Crippen LogP contribution >= 0.6 is 0 Å². The van der Waals surface area contributed by atoms with Gasteiger partial charge in [-0.25, -0.2) is 4.79 Å². The van der Waals surface area contributed by atoms with Gasteiger partial charge >= 0.3 is 5.97 Å². The lowest BCUT2D eigenvalue weighted by Gasteiger charge is -2.06. The van der Waals surface area contributed by atoms with Crippen molar-refractivity contribution >= 4 is 28.4 Å². The third-order valence-electron chi connectivity index (χ3n) is 5.40. The van der Waals surface area contributed by atoms with Crippen LogP contribution in [0.2, 0.25) is 0 Å². The number of hydrogen-bond acceptors (Lipinski definition) is 9. The second-order valence-electron chi connectivity index (χ2n) is 8.02. The number of allylic oxidation sites excluding steroid dienone is 1. The van der Waals surface area contributed by atoms with E-state index in [1.165, 1.54) is 25.3 Å². The third kappa shape index (κ3) is 6.39. The van der Waals surface area contributed by atoms with E-state index >= 15 is 0 Å². The highest BCUT2D eigenvalue weighted by atomic mass is 16.6. The van der Waals surface area contributed by atoms with Crippen LogP contribution in [0.1, 0.15) is 16.9 Å². The normalized spacial score (nSPS) is 11.9. The standard InChI is InChI=1S/C28H23N3O6/c1-35-17-27(34)37-28(26-15-20-4-2-3-5-25(20)36-26)23(16-29)31-30-21-10-7-18(8-11-21)6-9-19-14-22(32)12-13-24(19)33/h2-5,7-8,10-15,32-33H,6,9,17H2,1H3. The summed E-state index contributed by atoms with van der Waals surface area (Å²) >= 11 is 0. The van der Waals surface area contributed by atoms with E-state index in [1.54, 1.807) is 30.3 Å². The summed E-state index contributed by atoms with van der Waals surface area (Å²) in [6.07, 6.45) is 1.17. The van der Waals surface area contributed by atoms with E-state index in [0.29, 0.717) is 29.7 Å². The number of aryl methyl sites for hydroxylation is 2. The van der Waals surface area contributed by atoms with E-state index in [-0.39, 0.29) is 35.3 Å². The van der Waals surface area contributed by atoms with Gasteiger partial charge in [0.2, 0.25) is 11.5 Å². The fraction of sp³-hybridized carbons (Fsp3) is 0.143. The Morgan fingerprint density at radius 1 is 1.03 bits per heavy atom. The maximum Gasteiger partial charge on any atom is 0.337 e. The maximum absolute atomic E-state index is 12.1. The SMILES string of the molecule is COCC(=O)OC(=C(C#N)N=Nc1ccc(CCc2cc(O)ccc2O)cc1)c1cc2ccccc2o1. The van der Waals surface area contributed by atoms with Gasteiger partial charge in [0.25, 0.3) is 0 Å². The summed E-state index contributed by atoms with van der Waals surface area (Å²) in [5, 5.41) is 38.2. The molecule has 9 heteroatoms. The second-order valence-corrected chi connectivity index (χ2v) is 8.02. The Hall–Kier alpha value is -4.94. The summed E-state index contributed by atoms with van der Waals surface area (Å²) in [6.45, 7) is -0.318. The van der Waals surface area contributed by atoms with Crippen LogP contribution < -0.4 is 0 Å². The summed E-state index contributed by atoms with van der Waals surface area (Å²) in [5.41, 5.74) is 2.42. The quantitative estimate of drug-likeness (QED) is 0.0980. The van der Waals surface area contributed by atoms with Crippen LogP contribution in [0.15, 0.2) is 93.1 Å². The lowest BCUT2D eigenvalue weighted by Crippen LogP contribution is -2.11. The second kappa shape index (κ2) is 11.7. The zero-order valence-electron chi connectivity index (χ0n) is 19.9. The van der Waals surface area contributed by atoms with Crippen LogP contribution in [0.4, 0.5) is 5.69 Å². The van der Waals surface area contributed by atoms with E-state index in [1.807, 2.05) is 30.3 Å². The molecule has 0 bridgehead atoms. The third-order valence-corrected chi connectivity index (χ3v) is 5.40. The van der Waals surface area contributed by atoms with Gasteiger partial charge in [0.05, 0.1) is 5.69 Å². The summed E-state index contributed by atoms with van der Waals surface area (Å²) in [5.74, 6) is -0.493. The number of benzene rings is 3. The summed E-state index contributed by atoms with van der Waals surface area (Å²) in [7, 11) is 1.35. The highest BCUT2D eigenvalue weighted by molar-refractivity contribution is 5.85. The Kier molecular flexibility index (Phi) is 7.93. The molecule has 0 amide bonds. The van der Waals surface area contributed by atoms with Gasteiger partial charge < -0.3 is 24.1 Å². The van der Waals surface area contributed by atoms with Crippen molar-refractivity contribution in [1.82, 2.24) is 0 Å². The molecule has 0 radical (unpaired) electrons. The maximum atomic E-state index is 12.1. The Balaban J connectivity index is 1.55. The topological polar surface area (TPSA) is 138 Å². The molecule has 0 aliphatic carbocycles. The molecular formula is C28H23N3O6. The molecule has 3 aromatic carbocycles. The molecule has 0 aliphatic rings. The molecular weight excluding hydrogens is 474 g/mol. The van der Waals surface area contributed by atoms with E-state index in [2.05, 4.69) is 10.2 Å².